The van der Waals surface area contributed by atoms with Crippen molar-refractivity contribution in [2.24, 2.45) is 0 Å². The standard InChI is InChI=1S/C16H23N3O4S3/c1-11-9-24-16-15(17-12(2)19(11)16)13-3-6-18(7-4-13)26(22,23)14-5-8-25(20,21)10-14/h9,13-14H,3-8,10H2,1-2H3/t14-/m1/s1. The summed E-state index contributed by atoms with van der Waals surface area (Å²) in [5.74, 6) is 0.970. The van der Waals surface area contributed by atoms with Crippen LogP contribution in [0.4, 0.5) is 0 Å². The first kappa shape index (κ1) is 18.4. The third-order valence-corrected chi connectivity index (χ3v) is 10.9. The Kier molecular flexibility index (Phi) is 4.45. The van der Waals surface area contributed by atoms with Crippen molar-refractivity contribution in [2.75, 3.05) is 24.6 Å². The van der Waals surface area contributed by atoms with Crippen LogP contribution < -0.4 is 0 Å². The van der Waals surface area contributed by atoms with Crippen molar-refractivity contribution in [3.05, 3.63) is 22.6 Å². The maximum Gasteiger partial charge on any atom is 0.218 e. The van der Waals surface area contributed by atoms with Gasteiger partial charge in [0.1, 0.15) is 10.7 Å². The van der Waals surface area contributed by atoms with Crippen LogP contribution >= 0.6 is 11.3 Å². The number of aromatic nitrogens is 2. The highest BCUT2D eigenvalue weighted by Gasteiger charge is 2.41. The second kappa shape index (κ2) is 6.29. The summed E-state index contributed by atoms with van der Waals surface area (Å²) in [7, 11) is -6.75. The molecule has 2 aliphatic heterocycles. The van der Waals surface area contributed by atoms with Gasteiger partial charge < -0.3 is 0 Å². The third-order valence-electron chi connectivity index (χ3n) is 5.53. The van der Waals surface area contributed by atoms with Crippen molar-refractivity contribution in [2.45, 2.75) is 44.3 Å². The zero-order chi connectivity index (χ0) is 18.7. The number of imidazole rings is 1. The topological polar surface area (TPSA) is 88.8 Å². The van der Waals surface area contributed by atoms with Crippen LogP contribution in [0.5, 0.6) is 0 Å². The van der Waals surface area contributed by atoms with Gasteiger partial charge in [-0.15, -0.1) is 11.3 Å². The number of hydrogen-bond donors (Lipinski definition) is 0. The second-order valence-corrected chi connectivity index (χ2v) is 12.6. The molecule has 2 fully saturated rings. The van der Waals surface area contributed by atoms with E-state index in [0.717, 1.165) is 29.2 Å². The van der Waals surface area contributed by atoms with Gasteiger partial charge in [-0.1, -0.05) is 0 Å². The third kappa shape index (κ3) is 3.00. The first-order valence-corrected chi connectivity index (χ1v) is 13.0. The van der Waals surface area contributed by atoms with E-state index < -0.39 is 25.1 Å². The summed E-state index contributed by atoms with van der Waals surface area (Å²) in [6, 6.07) is 0. The van der Waals surface area contributed by atoms with E-state index in [-0.39, 0.29) is 23.8 Å². The molecule has 4 rings (SSSR count). The summed E-state index contributed by atoms with van der Waals surface area (Å²) in [6.07, 6.45) is 1.67. The summed E-state index contributed by atoms with van der Waals surface area (Å²) in [6.45, 7) is 4.93. The zero-order valence-corrected chi connectivity index (χ0v) is 17.3. The van der Waals surface area contributed by atoms with Crippen molar-refractivity contribution in [1.29, 1.82) is 0 Å². The number of aryl methyl sites for hydroxylation is 2. The molecule has 0 spiro atoms. The van der Waals surface area contributed by atoms with Crippen molar-refractivity contribution in [1.82, 2.24) is 13.7 Å². The second-order valence-electron chi connectivity index (χ2n) is 7.31. The SMILES string of the molecule is Cc1csc2c(C3CCN(S(=O)(=O)[C@@H]4CCS(=O)(=O)C4)CC3)nc(C)n12. The highest BCUT2D eigenvalue weighted by atomic mass is 32.2. The molecule has 1 atom stereocenters. The minimum Gasteiger partial charge on any atom is -0.292 e. The normalized spacial score (nSPS) is 25.2. The number of nitrogens with zero attached hydrogens (tertiary/aromatic N) is 3. The number of fused-ring (bicyclic) bond motifs is 1. The summed E-state index contributed by atoms with van der Waals surface area (Å²) in [4.78, 5) is 5.90. The maximum absolute atomic E-state index is 12.8. The molecule has 26 heavy (non-hydrogen) atoms. The number of sulfonamides is 1. The van der Waals surface area contributed by atoms with E-state index in [4.69, 9.17) is 4.98 Å². The predicted octanol–water partition coefficient (Wildman–Crippen LogP) is 1.71. The molecule has 144 valence electrons. The lowest BCUT2D eigenvalue weighted by Gasteiger charge is -2.32. The largest absolute Gasteiger partial charge is 0.292 e. The van der Waals surface area contributed by atoms with Crippen LogP contribution in [0.2, 0.25) is 0 Å². The van der Waals surface area contributed by atoms with Crippen LogP contribution in [-0.2, 0) is 19.9 Å². The first-order chi connectivity index (χ1) is 12.2. The van der Waals surface area contributed by atoms with Gasteiger partial charge in [0.2, 0.25) is 10.0 Å². The summed E-state index contributed by atoms with van der Waals surface area (Å²) >= 11 is 1.68. The van der Waals surface area contributed by atoms with Crippen molar-refractivity contribution >= 4 is 36.0 Å². The molecule has 7 nitrogen and oxygen atoms in total. The summed E-state index contributed by atoms with van der Waals surface area (Å²) < 4.78 is 52.5. The molecular formula is C16H23N3O4S3. The quantitative estimate of drug-likeness (QED) is 0.758. The molecule has 0 saturated carbocycles. The Morgan fingerprint density at radius 1 is 1.19 bits per heavy atom. The number of rotatable bonds is 3. The summed E-state index contributed by atoms with van der Waals surface area (Å²) in [5, 5.41) is 1.35. The Balaban J connectivity index is 1.50. The fraction of sp³-hybridized carbons (Fsp3) is 0.688. The molecule has 10 heteroatoms. The predicted molar refractivity (Wildman–Crippen MR) is 102 cm³/mol. The molecule has 2 aliphatic rings. The Morgan fingerprint density at radius 3 is 2.50 bits per heavy atom. The number of thiazole rings is 1. The fourth-order valence-corrected chi connectivity index (χ4v) is 9.77. The van der Waals surface area contributed by atoms with Gasteiger partial charge in [-0.25, -0.2) is 26.1 Å². The molecule has 0 aliphatic carbocycles. The smallest absolute Gasteiger partial charge is 0.218 e. The Bertz CT molecular complexity index is 1040. The molecule has 0 amide bonds. The zero-order valence-electron chi connectivity index (χ0n) is 14.9. The first-order valence-electron chi connectivity index (χ1n) is 8.81. The maximum atomic E-state index is 12.8. The molecule has 2 aromatic rings. The minimum absolute atomic E-state index is 0.0169. The molecule has 2 saturated heterocycles. The van der Waals surface area contributed by atoms with E-state index in [9.17, 15) is 16.8 Å². The molecule has 0 bridgehead atoms. The molecule has 0 unspecified atom stereocenters. The average molecular weight is 418 g/mol. The Hall–Kier alpha value is -0.970. The van der Waals surface area contributed by atoms with E-state index in [1.165, 1.54) is 10.00 Å². The van der Waals surface area contributed by atoms with Gasteiger partial charge in [-0.3, -0.25) is 4.40 Å². The van der Waals surface area contributed by atoms with Gasteiger partial charge in [0.25, 0.3) is 0 Å². The Labute approximate surface area is 158 Å². The van der Waals surface area contributed by atoms with Gasteiger partial charge in [-0.05, 0) is 33.1 Å². The Morgan fingerprint density at radius 2 is 1.88 bits per heavy atom. The lowest BCUT2D eigenvalue weighted by molar-refractivity contribution is 0.315. The van der Waals surface area contributed by atoms with Crippen molar-refractivity contribution in [3.8, 4) is 0 Å². The summed E-state index contributed by atoms with van der Waals surface area (Å²) in [5.41, 5.74) is 2.24. The lowest BCUT2D eigenvalue weighted by Crippen LogP contribution is -2.43. The highest BCUT2D eigenvalue weighted by Crippen LogP contribution is 2.35. The minimum atomic E-state index is -3.54. The van der Waals surface area contributed by atoms with Gasteiger partial charge in [0.05, 0.1) is 22.4 Å². The van der Waals surface area contributed by atoms with Crippen molar-refractivity contribution in [3.63, 3.8) is 0 Å². The van der Waals surface area contributed by atoms with Crippen LogP contribution in [0.1, 0.15) is 42.4 Å². The number of piperidine rings is 1. The molecule has 0 radical (unpaired) electrons. The van der Waals surface area contributed by atoms with E-state index in [0.29, 0.717) is 13.1 Å². The van der Waals surface area contributed by atoms with E-state index in [1.807, 2.05) is 6.92 Å². The van der Waals surface area contributed by atoms with E-state index >= 15 is 0 Å². The average Bonchev–Trinajstić information content (AvgIpc) is 3.24. The van der Waals surface area contributed by atoms with Crippen LogP contribution in [0.3, 0.4) is 0 Å². The van der Waals surface area contributed by atoms with E-state index in [1.54, 1.807) is 11.3 Å². The van der Waals surface area contributed by atoms with Crippen molar-refractivity contribution < 1.29 is 16.8 Å². The molecule has 4 heterocycles. The van der Waals surface area contributed by atoms with Crippen LogP contribution in [0, 0.1) is 13.8 Å². The monoisotopic (exact) mass is 417 g/mol. The van der Waals surface area contributed by atoms with Crippen LogP contribution in [-0.4, -0.2) is 60.4 Å². The van der Waals surface area contributed by atoms with Gasteiger partial charge >= 0.3 is 0 Å². The highest BCUT2D eigenvalue weighted by molar-refractivity contribution is 7.95. The lowest BCUT2D eigenvalue weighted by atomic mass is 9.95. The fourth-order valence-electron chi connectivity index (χ4n) is 4.11. The van der Waals surface area contributed by atoms with E-state index in [2.05, 4.69) is 16.7 Å². The molecule has 0 aromatic carbocycles. The van der Waals surface area contributed by atoms with Gasteiger partial charge in [0, 0.05) is 30.1 Å². The molecule has 0 N–H and O–H groups in total. The molecule has 2 aromatic heterocycles. The van der Waals surface area contributed by atoms with Gasteiger partial charge in [-0.2, -0.15) is 0 Å². The van der Waals surface area contributed by atoms with Gasteiger partial charge in [0.15, 0.2) is 9.84 Å². The number of hydrogen-bond acceptors (Lipinski definition) is 6. The molecular weight excluding hydrogens is 394 g/mol. The number of sulfone groups is 1. The van der Waals surface area contributed by atoms with Crippen LogP contribution in [0.15, 0.2) is 5.38 Å². The van der Waals surface area contributed by atoms with Crippen LogP contribution in [0.25, 0.3) is 4.83 Å².